The van der Waals surface area contributed by atoms with Crippen LogP contribution >= 0.6 is 0 Å². The van der Waals surface area contributed by atoms with E-state index in [1.54, 1.807) is 11.6 Å². The first-order chi connectivity index (χ1) is 7.97. The van der Waals surface area contributed by atoms with E-state index >= 15 is 0 Å². The van der Waals surface area contributed by atoms with Crippen molar-refractivity contribution in [1.82, 2.24) is 14.5 Å². The third kappa shape index (κ3) is 1.60. The number of carbonyl (C=O) groups excluding carboxylic acids is 1. The van der Waals surface area contributed by atoms with Crippen LogP contribution in [0.3, 0.4) is 0 Å². The van der Waals surface area contributed by atoms with Crippen LogP contribution in [0.15, 0.2) is 4.79 Å². The minimum atomic E-state index is -0.732. The predicted octanol–water partition coefficient (Wildman–Crippen LogP) is -0.0146. The topological polar surface area (TPSA) is 75.4 Å². The molecule has 1 aromatic rings. The van der Waals surface area contributed by atoms with Crippen LogP contribution in [-0.4, -0.2) is 38.6 Å². The second kappa shape index (κ2) is 3.87. The van der Waals surface area contributed by atoms with Gasteiger partial charge in [-0.25, -0.2) is 0 Å². The average molecular weight is 237 g/mol. The summed E-state index contributed by atoms with van der Waals surface area (Å²) in [5.41, 5.74) is -0.674. The van der Waals surface area contributed by atoms with Crippen LogP contribution < -0.4 is 5.56 Å². The molecular weight excluding hydrogens is 222 g/mol. The molecule has 0 radical (unpaired) electrons. The van der Waals surface area contributed by atoms with Crippen LogP contribution in [0, 0.1) is 0 Å². The van der Waals surface area contributed by atoms with Gasteiger partial charge in [0.05, 0.1) is 0 Å². The van der Waals surface area contributed by atoms with Gasteiger partial charge in [0.2, 0.25) is 5.75 Å². The third-order valence-electron chi connectivity index (χ3n) is 3.19. The number of aromatic nitrogens is 2. The molecular formula is C11H15N3O3. The lowest BCUT2D eigenvalue weighted by Crippen LogP contribution is -2.46. The van der Waals surface area contributed by atoms with Crippen molar-refractivity contribution in [3.8, 4) is 5.75 Å². The van der Waals surface area contributed by atoms with Crippen LogP contribution in [0.4, 0.5) is 0 Å². The van der Waals surface area contributed by atoms with Gasteiger partial charge < -0.3 is 14.6 Å². The summed E-state index contributed by atoms with van der Waals surface area (Å²) in [4.78, 5) is 28.8. The molecule has 0 spiro atoms. The molecule has 1 unspecified atom stereocenters. The van der Waals surface area contributed by atoms with Gasteiger partial charge in [0, 0.05) is 26.1 Å². The largest absolute Gasteiger partial charge is 0.501 e. The Hall–Kier alpha value is -1.85. The smallest absolute Gasteiger partial charge is 0.315 e. The molecule has 0 saturated heterocycles. The Morgan fingerprint density at radius 3 is 2.71 bits per heavy atom. The molecule has 2 rings (SSSR count). The molecule has 1 aliphatic heterocycles. The van der Waals surface area contributed by atoms with Crippen molar-refractivity contribution in [2.45, 2.75) is 32.9 Å². The number of rotatable bonds is 1. The normalized spacial score (nSPS) is 19.4. The number of aryl methyl sites for hydroxylation is 1. The van der Waals surface area contributed by atoms with Gasteiger partial charge in [-0.2, -0.15) is 4.98 Å². The fraction of sp³-hybridized carbons (Fsp3) is 0.545. The van der Waals surface area contributed by atoms with E-state index in [1.807, 2.05) is 13.8 Å². The first-order valence-corrected chi connectivity index (χ1v) is 5.57. The number of hydrogen-bond acceptors (Lipinski definition) is 4. The first kappa shape index (κ1) is 11.6. The number of likely N-dealkylation sites (N-methyl/N-ethyl adjacent to an activating group) is 1. The summed E-state index contributed by atoms with van der Waals surface area (Å²) >= 11 is 0. The van der Waals surface area contributed by atoms with E-state index in [0.717, 1.165) is 0 Å². The van der Waals surface area contributed by atoms with E-state index in [2.05, 4.69) is 4.98 Å². The molecule has 6 nitrogen and oxygen atoms in total. The van der Waals surface area contributed by atoms with Gasteiger partial charge in [-0.05, 0) is 6.92 Å². The van der Waals surface area contributed by atoms with E-state index in [9.17, 15) is 14.7 Å². The molecule has 2 heterocycles. The van der Waals surface area contributed by atoms with Gasteiger partial charge in [-0.3, -0.25) is 9.59 Å². The Morgan fingerprint density at radius 1 is 1.47 bits per heavy atom. The summed E-state index contributed by atoms with van der Waals surface area (Å²) in [7, 11) is 1.66. The lowest BCUT2D eigenvalue weighted by molar-refractivity contribution is 0.0662. The van der Waals surface area contributed by atoms with Crippen molar-refractivity contribution in [3.63, 3.8) is 0 Å². The van der Waals surface area contributed by atoms with Crippen molar-refractivity contribution < 1.29 is 9.90 Å². The lowest BCUT2D eigenvalue weighted by Gasteiger charge is -2.33. The zero-order valence-electron chi connectivity index (χ0n) is 10.1. The van der Waals surface area contributed by atoms with Crippen molar-refractivity contribution >= 4 is 5.91 Å². The molecule has 0 aliphatic carbocycles. The Morgan fingerprint density at radius 2 is 2.12 bits per heavy atom. The molecule has 1 N–H and O–H groups in total. The highest BCUT2D eigenvalue weighted by atomic mass is 16.3. The quantitative estimate of drug-likeness (QED) is 0.745. The SMILES string of the molecule is CCc1nc(=O)c(O)c2n1CC(C)N(C)C2=O. The van der Waals surface area contributed by atoms with E-state index in [-0.39, 0.29) is 17.6 Å². The van der Waals surface area contributed by atoms with Gasteiger partial charge in [-0.15, -0.1) is 0 Å². The zero-order valence-corrected chi connectivity index (χ0v) is 10.1. The molecule has 0 aromatic carbocycles. The van der Waals surface area contributed by atoms with Gasteiger partial charge in [0.15, 0.2) is 5.69 Å². The van der Waals surface area contributed by atoms with Crippen LogP contribution in [0.25, 0.3) is 0 Å². The fourth-order valence-electron chi connectivity index (χ4n) is 2.03. The van der Waals surface area contributed by atoms with Crippen molar-refractivity contribution in [3.05, 3.63) is 21.9 Å². The molecule has 1 atom stereocenters. The standard InChI is InChI=1S/C11H15N3O3/c1-4-7-12-10(16)9(15)8-11(17)13(3)6(2)5-14(7)8/h6,15H,4-5H2,1-3H3. The molecule has 0 fully saturated rings. The highest BCUT2D eigenvalue weighted by Gasteiger charge is 2.32. The van der Waals surface area contributed by atoms with Gasteiger partial charge >= 0.3 is 5.56 Å². The van der Waals surface area contributed by atoms with E-state index in [1.165, 1.54) is 4.90 Å². The van der Waals surface area contributed by atoms with Crippen molar-refractivity contribution in [2.24, 2.45) is 0 Å². The molecule has 1 amide bonds. The molecule has 0 bridgehead atoms. The molecule has 0 saturated carbocycles. The van der Waals surface area contributed by atoms with Crippen LogP contribution in [-0.2, 0) is 13.0 Å². The Labute approximate surface area is 98.5 Å². The molecule has 92 valence electrons. The maximum Gasteiger partial charge on any atom is 0.315 e. The second-order valence-corrected chi connectivity index (χ2v) is 4.26. The van der Waals surface area contributed by atoms with E-state index in [4.69, 9.17) is 0 Å². The third-order valence-corrected chi connectivity index (χ3v) is 3.19. The van der Waals surface area contributed by atoms with E-state index < -0.39 is 11.3 Å². The molecule has 6 heteroatoms. The number of carbonyl (C=O) groups is 1. The first-order valence-electron chi connectivity index (χ1n) is 5.57. The fourth-order valence-corrected chi connectivity index (χ4v) is 2.03. The minimum Gasteiger partial charge on any atom is -0.501 e. The number of amides is 1. The highest BCUT2D eigenvalue weighted by Crippen LogP contribution is 2.22. The summed E-state index contributed by atoms with van der Waals surface area (Å²) in [5, 5.41) is 9.69. The van der Waals surface area contributed by atoms with Crippen LogP contribution in [0.5, 0.6) is 5.75 Å². The summed E-state index contributed by atoms with van der Waals surface area (Å²) in [5.74, 6) is -0.350. The van der Waals surface area contributed by atoms with Crippen LogP contribution in [0.1, 0.15) is 30.2 Å². The summed E-state index contributed by atoms with van der Waals surface area (Å²) < 4.78 is 1.64. The monoisotopic (exact) mass is 237 g/mol. The number of nitrogens with zero attached hydrogens (tertiary/aromatic N) is 3. The predicted molar refractivity (Wildman–Crippen MR) is 61.1 cm³/mol. The zero-order chi connectivity index (χ0) is 12.7. The summed E-state index contributed by atoms with van der Waals surface area (Å²) in [6.07, 6.45) is 0.548. The van der Waals surface area contributed by atoms with Crippen molar-refractivity contribution in [1.29, 1.82) is 0 Å². The molecule has 17 heavy (non-hydrogen) atoms. The second-order valence-electron chi connectivity index (χ2n) is 4.26. The number of aromatic hydroxyl groups is 1. The van der Waals surface area contributed by atoms with Gasteiger partial charge in [0.1, 0.15) is 5.82 Å². The number of fused-ring (bicyclic) bond motifs is 1. The number of hydrogen-bond donors (Lipinski definition) is 1. The van der Waals surface area contributed by atoms with Crippen molar-refractivity contribution in [2.75, 3.05) is 7.05 Å². The minimum absolute atomic E-state index is 0.0176. The summed E-state index contributed by atoms with van der Waals surface area (Å²) in [6.45, 7) is 4.32. The maximum absolute atomic E-state index is 12.0. The van der Waals surface area contributed by atoms with Gasteiger partial charge in [-0.1, -0.05) is 6.92 Å². The Balaban J connectivity index is 2.74. The Kier molecular flexibility index (Phi) is 2.65. The average Bonchev–Trinajstić information content (AvgIpc) is 2.30. The van der Waals surface area contributed by atoms with Gasteiger partial charge in [0.25, 0.3) is 5.91 Å². The highest BCUT2D eigenvalue weighted by molar-refractivity contribution is 5.95. The van der Waals surface area contributed by atoms with E-state index in [0.29, 0.717) is 18.8 Å². The molecule has 1 aromatic heterocycles. The summed E-state index contributed by atoms with van der Waals surface area (Å²) in [6, 6.07) is 0.0176. The Bertz CT molecular complexity index is 535. The maximum atomic E-state index is 12.0. The lowest BCUT2D eigenvalue weighted by atomic mass is 10.1. The van der Waals surface area contributed by atoms with Crippen LogP contribution in [0.2, 0.25) is 0 Å². The molecule has 1 aliphatic rings.